The molecule has 0 saturated carbocycles. The molecule has 1 saturated heterocycles. The highest BCUT2D eigenvalue weighted by atomic mass is 28.4. The number of para-hydroxylation sites is 3. The molecule has 1 aliphatic heterocycles. The molecule has 164 valence electrons. The molecule has 0 N–H and O–H groups in total. The minimum atomic E-state index is -3.74. The first kappa shape index (κ1) is 21.6. The van der Waals surface area contributed by atoms with Crippen LogP contribution in [0.4, 0.5) is 0 Å². The van der Waals surface area contributed by atoms with E-state index in [1.807, 2.05) is 97.9 Å². The Balaban J connectivity index is 1.83. The maximum Gasteiger partial charge on any atom is 0.703 e. The lowest BCUT2D eigenvalue weighted by Gasteiger charge is -2.36. The predicted molar refractivity (Wildman–Crippen MR) is 120 cm³/mol. The van der Waals surface area contributed by atoms with Crippen molar-refractivity contribution in [1.82, 2.24) is 0 Å². The summed E-state index contributed by atoms with van der Waals surface area (Å²) in [7, 11) is -3.74. The van der Waals surface area contributed by atoms with E-state index >= 15 is 0 Å². The first-order valence-corrected chi connectivity index (χ1v) is 12.4. The highest BCUT2D eigenvalue weighted by molar-refractivity contribution is 6.65. The number of hydrogen-bond donors (Lipinski definition) is 0. The number of rotatable bonds is 9. The number of ether oxygens (including phenoxy) is 1. The van der Waals surface area contributed by atoms with Crippen LogP contribution in [0.15, 0.2) is 91.0 Å². The van der Waals surface area contributed by atoms with Gasteiger partial charge in [0.15, 0.2) is 0 Å². The number of carbonyl (C=O) groups is 2. The van der Waals surface area contributed by atoms with Crippen molar-refractivity contribution < 1.29 is 27.6 Å². The Kier molecular flexibility index (Phi) is 6.56. The summed E-state index contributed by atoms with van der Waals surface area (Å²) >= 11 is 0. The van der Waals surface area contributed by atoms with Gasteiger partial charge >= 0.3 is 20.7 Å². The fraction of sp³-hybridized carbons (Fsp3) is 0.200. The van der Waals surface area contributed by atoms with E-state index in [0.717, 1.165) is 0 Å². The Labute approximate surface area is 188 Å². The lowest BCUT2D eigenvalue weighted by molar-refractivity contribution is -0.153. The first-order chi connectivity index (χ1) is 15.6. The Morgan fingerprint density at radius 2 is 1.19 bits per heavy atom. The molecule has 0 radical (unpaired) electrons. The number of cyclic esters (lactones) is 2. The van der Waals surface area contributed by atoms with Crippen LogP contribution in [0, 0.1) is 5.92 Å². The molecule has 2 unspecified atom stereocenters. The summed E-state index contributed by atoms with van der Waals surface area (Å²) in [6.45, 7) is 1.93. The van der Waals surface area contributed by atoms with Crippen LogP contribution in [-0.2, 0) is 14.3 Å². The minimum Gasteiger partial charge on any atom is -0.483 e. The van der Waals surface area contributed by atoms with Crippen molar-refractivity contribution in [2.24, 2.45) is 5.92 Å². The summed E-state index contributed by atoms with van der Waals surface area (Å²) in [5, 5.41) is 0. The summed E-state index contributed by atoms with van der Waals surface area (Å²) in [4.78, 5) is 24.5. The van der Waals surface area contributed by atoms with Crippen molar-refractivity contribution in [1.29, 1.82) is 0 Å². The molecule has 1 aliphatic rings. The quantitative estimate of drug-likeness (QED) is 0.260. The molecular formula is C25H24O6Si. The van der Waals surface area contributed by atoms with Crippen LogP contribution < -0.4 is 13.3 Å². The summed E-state index contributed by atoms with van der Waals surface area (Å²) in [6, 6.07) is 27.7. The number of hydrogen-bond acceptors (Lipinski definition) is 6. The van der Waals surface area contributed by atoms with Crippen molar-refractivity contribution in [2.75, 3.05) is 0 Å². The van der Waals surface area contributed by atoms with Crippen LogP contribution in [-0.4, -0.2) is 20.7 Å². The van der Waals surface area contributed by atoms with Gasteiger partial charge in [0.25, 0.3) is 0 Å². The standard InChI is InChI=1S/C25H24O6Si/c1-2-23(22-18-24(26)28-25(22)27)32(29-19-12-6-3-7-13-19,30-20-14-8-4-9-15-20)31-21-16-10-5-11-17-21/h3-17,22-23H,2,18H2,1H3. The zero-order chi connectivity index (χ0) is 22.4. The van der Waals surface area contributed by atoms with E-state index in [9.17, 15) is 9.59 Å². The fourth-order valence-electron chi connectivity index (χ4n) is 3.83. The first-order valence-electron chi connectivity index (χ1n) is 10.6. The van der Waals surface area contributed by atoms with E-state index in [1.54, 1.807) is 0 Å². The molecule has 0 amide bonds. The molecule has 0 spiro atoms. The Hall–Kier alpha value is -3.58. The lowest BCUT2D eigenvalue weighted by Crippen LogP contribution is -2.60. The third kappa shape index (κ3) is 4.83. The summed E-state index contributed by atoms with van der Waals surface area (Å²) in [6.07, 6.45) is 0.465. The average Bonchev–Trinajstić information content (AvgIpc) is 3.13. The average molecular weight is 449 g/mol. The second kappa shape index (κ2) is 9.70. The second-order valence-electron chi connectivity index (χ2n) is 7.47. The second-order valence-corrected chi connectivity index (χ2v) is 10.0. The van der Waals surface area contributed by atoms with Gasteiger partial charge in [0, 0.05) is 0 Å². The van der Waals surface area contributed by atoms with Gasteiger partial charge in [-0.2, -0.15) is 0 Å². The molecule has 7 heteroatoms. The van der Waals surface area contributed by atoms with Gasteiger partial charge in [0.05, 0.1) is 17.9 Å². The van der Waals surface area contributed by atoms with Crippen molar-refractivity contribution in [3.05, 3.63) is 91.0 Å². The van der Waals surface area contributed by atoms with Crippen LogP contribution in [0.1, 0.15) is 19.8 Å². The molecule has 0 aliphatic carbocycles. The maximum atomic E-state index is 12.6. The molecule has 2 atom stereocenters. The van der Waals surface area contributed by atoms with E-state index in [1.165, 1.54) is 0 Å². The molecule has 3 aromatic rings. The van der Waals surface area contributed by atoms with Gasteiger partial charge in [-0.1, -0.05) is 61.5 Å². The SMILES string of the molecule is CCC(C1CC(=O)OC1=O)[Si](Oc1ccccc1)(Oc1ccccc1)Oc1ccccc1. The molecule has 0 bridgehead atoms. The minimum absolute atomic E-state index is 0.0272. The number of carbonyl (C=O) groups excluding carboxylic acids is 2. The highest BCUT2D eigenvalue weighted by Crippen LogP contribution is 2.42. The summed E-state index contributed by atoms with van der Waals surface area (Å²) in [5.74, 6) is -0.147. The fourth-order valence-corrected chi connectivity index (χ4v) is 7.05. The van der Waals surface area contributed by atoms with Crippen LogP contribution in [0.2, 0.25) is 5.54 Å². The summed E-state index contributed by atoms with van der Waals surface area (Å²) in [5.41, 5.74) is -0.512. The van der Waals surface area contributed by atoms with Gasteiger partial charge in [-0.05, 0) is 42.8 Å². The van der Waals surface area contributed by atoms with Crippen molar-refractivity contribution in [2.45, 2.75) is 25.3 Å². The van der Waals surface area contributed by atoms with Crippen LogP contribution >= 0.6 is 0 Å². The zero-order valence-electron chi connectivity index (χ0n) is 17.7. The highest BCUT2D eigenvalue weighted by Gasteiger charge is 2.62. The molecule has 6 nitrogen and oxygen atoms in total. The maximum absolute atomic E-state index is 12.6. The van der Waals surface area contributed by atoms with Gasteiger partial charge in [-0.3, -0.25) is 9.59 Å². The zero-order valence-corrected chi connectivity index (χ0v) is 18.7. The van der Waals surface area contributed by atoms with Gasteiger partial charge in [0.1, 0.15) is 17.2 Å². The molecule has 1 fully saturated rings. The van der Waals surface area contributed by atoms with Gasteiger partial charge in [-0.15, -0.1) is 0 Å². The normalized spacial score (nSPS) is 16.8. The smallest absolute Gasteiger partial charge is 0.483 e. The molecule has 3 aromatic carbocycles. The monoisotopic (exact) mass is 448 g/mol. The number of esters is 2. The Morgan fingerprint density at radius 3 is 1.50 bits per heavy atom. The number of benzene rings is 3. The van der Waals surface area contributed by atoms with Crippen LogP contribution in [0.5, 0.6) is 17.2 Å². The predicted octanol–water partition coefficient (Wildman–Crippen LogP) is 5.03. The van der Waals surface area contributed by atoms with Crippen molar-refractivity contribution in [3.63, 3.8) is 0 Å². The molecule has 4 rings (SSSR count). The van der Waals surface area contributed by atoms with E-state index in [4.69, 9.17) is 18.0 Å². The van der Waals surface area contributed by atoms with Crippen molar-refractivity contribution in [3.8, 4) is 17.2 Å². The lowest BCUT2D eigenvalue weighted by atomic mass is 10.0. The Morgan fingerprint density at radius 1 is 0.781 bits per heavy atom. The third-order valence-corrected chi connectivity index (χ3v) is 8.57. The van der Waals surface area contributed by atoms with Gasteiger partial charge in [-0.25, -0.2) is 0 Å². The molecule has 0 aromatic heterocycles. The van der Waals surface area contributed by atoms with Gasteiger partial charge in [0.2, 0.25) is 0 Å². The van der Waals surface area contributed by atoms with Crippen LogP contribution in [0.25, 0.3) is 0 Å². The van der Waals surface area contributed by atoms with Crippen LogP contribution in [0.3, 0.4) is 0 Å². The van der Waals surface area contributed by atoms with Gasteiger partial charge < -0.3 is 18.0 Å². The topological polar surface area (TPSA) is 71.1 Å². The molecular weight excluding hydrogens is 424 g/mol. The van der Waals surface area contributed by atoms with Crippen molar-refractivity contribution >= 4 is 20.7 Å². The van der Waals surface area contributed by atoms with E-state index in [-0.39, 0.29) is 6.42 Å². The third-order valence-electron chi connectivity index (χ3n) is 5.29. The van der Waals surface area contributed by atoms with E-state index < -0.39 is 32.2 Å². The van der Waals surface area contributed by atoms with E-state index in [2.05, 4.69) is 0 Å². The Bertz CT molecular complexity index is 940. The molecule has 32 heavy (non-hydrogen) atoms. The largest absolute Gasteiger partial charge is 0.703 e. The van der Waals surface area contributed by atoms with E-state index in [0.29, 0.717) is 23.7 Å². The molecule has 1 heterocycles. The summed E-state index contributed by atoms with van der Waals surface area (Å²) < 4.78 is 24.5.